The molecule has 1 fully saturated rings. The van der Waals surface area contributed by atoms with Crippen molar-refractivity contribution in [3.8, 4) is 0 Å². The van der Waals surface area contributed by atoms with Gasteiger partial charge in [0.1, 0.15) is 10.7 Å². The van der Waals surface area contributed by atoms with E-state index in [1.54, 1.807) is 11.4 Å². The van der Waals surface area contributed by atoms with Crippen LogP contribution in [0.5, 0.6) is 0 Å². The van der Waals surface area contributed by atoms with Gasteiger partial charge in [0.2, 0.25) is 5.78 Å². The third kappa shape index (κ3) is 3.57. The molecule has 9 heteroatoms. The van der Waals surface area contributed by atoms with E-state index in [0.717, 1.165) is 12.8 Å². The first-order valence-corrected chi connectivity index (χ1v) is 11.2. The molecular weight excluding hydrogens is 403 g/mol. The van der Waals surface area contributed by atoms with Crippen molar-refractivity contribution in [2.24, 2.45) is 0 Å². The van der Waals surface area contributed by atoms with Crippen molar-refractivity contribution in [2.45, 2.75) is 25.5 Å². The molecule has 1 aromatic heterocycles. The normalized spacial score (nSPS) is 22.5. The van der Waals surface area contributed by atoms with Crippen molar-refractivity contribution in [1.29, 1.82) is 0 Å². The summed E-state index contributed by atoms with van der Waals surface area (Å²) in [6, 6.07) is 7.26. The number of allylic oxidation sites excluding steroid dienone is 1. The maximum atomic E-state index is 13.2. The van der Waals surface area contributed by atoms with Crippen LogP contribution in [0.1, 0.15) is 28.1 Å². The van der Waals surface area contributed by atoms with Crippen LogP contribution in [0.2, 0.25) is 0 Å². The SMILES string of the molecule is O=C1C(=CNCC2CCCO2)S(=O)(=O)N(Cc2ccc(F)cc2)c2ccsc21. The maximum Gasteiger partial charge on any atom is 0.270 e. The van der Waals surface area contributed by atoms with Gasteiger partial charge in [0.05, 0.1) is 18.3 Å². The van der Waals surface area contributed by atoms with Crippen LogP contribution in [0.25, 0.3) is 0 Å². The fourth-order valence-electron chi connectivity index (χ4n) is 3.30. The zero-order valence-electron chi connectivity index (χ0n) is 14.9. The molecule has 2 aromatic rings. The maximum absolute atomic E-state index is 13.2. The summed E-state index contributed by atoms with van der Waals surface area (Å²) in [5, 5.41) is 4.63. The van der Waals surface area contributed by atoms with Gasteiger partial charge in [0.15, 0.2) is 4.91 Å². The Balaban J connectivity index is 1.64. The standard InChI is InChI=1S/C19H19FN2O4S2/c20-14-5-3-13(4-6-14)12-22-16-7-9-27-19(16)18(23)17(28(22,24)25)11-21-10-15-2-1-8-26-15/h3-7,9,11,15,21H,1-2,8,10,12H2. The topological polar surface area (TPSA) is 75.7 Å². The summed E-state index contributed by atoms with van der Waals surface area (Å²) in [5.41, 5.74) is 0.985. The Kier molecular flexibility index (Phi) is 5.22. The minimum absolute atomic E-state index is 0.0166. The number of ketones is 1. The number of Topliss-reactive ketones (excluding diaryl/α,β-unsaturated/α-hetero) is 1. The molecule has 1 saturated heterocycles. The molecule has 3 heterocycles. The highest BCUT2D eigenvalue weighted by Crippen LogP contribution is 2.39. The van der Waals surface area contributed by atoms with Crippen LogP contribution in [0.4, 0.5) is 10.1 Å². The van der Waals surface area contributed by atoms with Crippen molar-refractivity contribution in [2.75, 3.05) is 17.5 Å². The Labute approximate surface area is 166 Å². The minimum Gasteiger partial charge on any atom is -0.387 e. The Morgan fingerprint density at radius 3 is 2.79 bits per heavy atom. The van der Waals surface area contributed by atoms with Crippen LogP contribution < -0.4 is 9.62 Å². The van der Waals surface area contributed by atoms with Gasteiger partial charge in [-0.2, -0.15) is 0 Å². The molecule has 2 aliphatic rings. The number of carbonyl (C=O) groups is 1. The number of carbonyl (C=O) groups excluding carboxylic acids is 1. The monoisotopic (exact) mass is 422 g/mol. The largest absolute Gasteiger partial charge is 0.387 e. The van der Waals surface area contributed by atoms with Crippen molar-refractivity contribution in [1.82, 2.24) is 5.32 Å². The van der Waals surface area contributed by atoms with Gasteiger partial charge in [-0.3, -0.25) is 9.10 Å². The number of fused-ring (bicyclic) bond motifs is 1. The lowest BCUT2D eigenvalue weighted by molar-refractivity contribution is 0.104. The van der Waals surface area contributed by atoms with Crippen LogP contribution in [0.3, 0.4) is 0 Å². The van der Waals surface area contributed by atoms with E-state index < -0.39 is 21.6 Å². The summed E-state index contributed by atoms with van der Waals surface area (Å²) in [4.78, 5) is 12.9. The van der Waals surface area contributed by atoms with E-state index in [2.05, 4.69) is 5.32 Å². The molecule has 1 atom stereocenters. The first-order chi connectivity index (χ1) is 13.5. The molecular formula is C19H19FN2O4S2. The first kappa shape index (κ1) is 19.1. The number of rotatable bonds is 5. The average molecular weight is 423 g/mol. The zero-order chi connectivity index (χ0) is 19.7. The molecule has 1 aromatic carbocycles. The van der Waals surface area contributed by atoms with Crippen LogP contribution in [-0.4, -0.2) is 33.5 Å². The minimum atomic E-state index is -4.05. The number of anilines is 1. The lowest BCUT2D eigenvalue weighted by Gasteiger charge is -2.29. The quantitative estimate of drug-likeness (QED) is 0.750. The Morgan fingerprint density at radius 1 is 1.29 bits per heavy atom. The van der Waals surface area contributed by atoms with Gasteiger partial charge >= 0.3 is 0 Å². The highest BCUT2D eigenvalue weighted by atomic mass is 32.2. The summed E-state index contributed by atoms with van der Waals surface area (Å²) in [6.07, 6.45) is 3.18. The molecule has 0 bridgehead atoms. The van der Waals surface area contributed by atoms with Gasteiger partial charge in [-0.15, -0.1) is 11.3 Å². The van der Waals surface area contributed by atoms with Crippen LogP contribution in [0, 0.1) is 5.82 Å². The number of nitrogens with one attached hydrogen (secondary N) is 1. The summed E-state index contributed by atoms with van der Waals surface area (Å²) in [7, 11) is -4.05. The summed E-state index contributed by atoms with van der Waals surface area (Å²) in [5.74, 6) is -0.907. The molecule has 0 spiro atoms. The zero-order valence-corrected chi connectivity index (χ0v) is 16.6. The molecule has 1 unspecified atom stereocenters. The van der Waals surface area contributed by atoms with Gasteiger partial charge in [0.25, 0.3) is 10.0 Å². The third-order valence-electron chi connectivity index (χ3n) is 4.75. The van der Waals surface area contributed by atoms with E-state index in [1.165, 1.54) is 46.1 Å². The van der Waals surface area contributed by atoms with E-state index >= 15 is 0 Å². The fourth-order valence-corrected chi connectivity index (χ4v) is 5.81. The Bertz CT molecular complexity index is 1010. The average Bonchev–Trinajstić information content (AvgIpc) is 3.35. The fraction of sp³-hybridized carbons (Fsp3) is 0.316. The van der Waals surface area contributed by atoms with E-state index in [1.807, 2.05) is 0 Å². The van der Waals surface area contributed by atoms with E-state index in [0.29, 0.717) is 29.3 Å². The second-order valence-corrected chi connectivity index (χ2v) is 9.40. The predicted molar refractivity (Wildman–Crippen MR) is 105 cm³/mol. The number of sulfonamides is 1. The number of ether oxygens (including phenoxy) is 1. The molecule has 0 radical (unpaired) electrons. The van der Waals surface area contributed by atoms with Crippen LogP contribution in [0.15, 0.2) is 46.8 Å². The highest BCUT2D eigenvalue weighted by molar-refractivity contribution is 7.97. The summed E-state index contributed by atoms with van der Waals surface area (Å²) >= 11 is 1.20. The first-order valence-electron chi connectivity index (χ1n) is 8.91. The lowest BCUT2D eigenvalue weighted by atomic mass is 10.2. The third-order valence-corrected chi connectivity index (χ3v) is 7.42. The van der Waals surface area contributed by atoms with Gasteiger partial charge in [-0.25, -0.2) is 12.8 Å². The number of halogens is 1. The lowest BCUT2D eigenvalue weighted by Crippen LogP contribution is -2.39. The van der Waals surface area contributed by atoms with Gasteiger partial charge in [-0.1, -0.05) is 12.1 Å². The Hall–Kier alpha value is -2.23. The molecule has 0 saturated carbocycles. The second kappa shape index (κ2) is 7.65. The number of hydrogen-bond donors (Lipinski definition) is 1. The van der Waals surface area contributed by atoms with Crippen molar-refractivity contribution < 1.29 is 22.3 Å². The Morgan fingerprint density at radius 2 is 2.07 bits per heavy atom. The van der Waals surface area contributed by atoms with E-state index in [4.69, 9.17) is 4.74 Å². The molecule has 4 rings (SSSR count). The van der Waals surface area contributed by atoms with Gasteiger partial charge < -0.3 is 10.1 Å². The number of benzene rings is 1. The summed E-state index contributed by atoms with van der Waals surface area (Å²) in [6.45, 7) is 1.16. The molecule has 148 valence electrons. The number of hydrogen-bond acceptors (Lipinski definition) is 6. The smallest absolute Gasteiger partial charge is 0.270 e. The number of nitrogens with zero attached hydrogens (tertiary/aromatic N) is 1. The van der Waals surface area contributed by atoms with Gasteiger partial charge in [0, 0.05) is 19.4 Å². The van der Waals surface area contributed by atoms with Crippen LogP contribution >= 0.6 is 11.3 Å². The number of thiophene rings is 1. The predicted octanol–water partition coefficient (Wildman–Crippen LogP) is 3.03. The molecule has 0 amide bonds. The molecule has 28 heavy (non-hydrogen) atoms. The van der Waals surface area contributed by atoms with E-state index in [-0.39, 0.29) is 17.6 Å². The van der Waals surface area contributed by atoms with Crippen molar-refractivity contribution in [3.63, 3.8) is 0 Å². The molecule has 6 nitrogen and oxygen atoms in total. The molecule has 0 aliphatic carbocycles. The highest BCUT2D eigenvalue weighted by Gasteiger charge is 2.41. The van der Waals surface area contributed by atoms with Crippen molar-refractivity contribution >= 4 is 32.8 Å². The molecule has 1 N–H and O–H groups in total. The van der Waals surface area contributed by atoms with E-state index in [9.17, 15) is 17.6 Å². The molecule has 2 aliphatic heterocycles. The van der Waals surface area contributed by atoms with Crippen LogP contribution in [-0.2, 0) is 21.3 Å². The second-order valence-electron chi connectivity index (χ2n) is 6.65. The van der Waals surface area contributed by atoms with Crippen molar-refractivity contribution in [3.05, 3.63) is 63.1 Å². The van der Waals surface area contributed by atoms with Gasteiger partial charge in [-0.05, 0) is 42.0 Å². The summed E-state index contributed by atoms with van der Waals surface area (Å²) < 4.78 is 46.3.